The highest BCUT2D eigenvalue weighted by Gasteiger charge is 2.41. The van der Waals surface area contributed by atoms with Crippen molar-refractivity contribution < 1.29 is 9.59 Å². The van der Waals surface area contributed by atoms with E-state index in [-0.39, 0.29) is 22.9 Å². The van der Waals surface area contributed by atoms with E-state index < -0.39 is 0 Å². The highest BCUT2D eigenvalue weighted by Crippen LogP contribution is 2.46. The van der Waals surface area contributed by atoms with Gasteiger partial charge in [0, 0.05) is 37.3 Å². The van der Waals surface area contributed by atoms with Gasteiger partial charge in [0.15, 0.2) is 5.82 Å². The van der Waals surface area contributed by atoms with Gasteiger partial charge in [0.1, 0.15) is 0 Å². The predicted molar refractivity (Wildman–Crippen MR) is 98.7 cm³/mol. The molecule has 1 aliphatic heterocycles. The third-order valence-corrected chi connectivity index (χ3v) is 5.37. The molecule has 1 aliphatic carbocycles. The number of fused-ring (bicyclic) bond motifs is 1. The van der Waals surface area contributed by atoms with Crippen LogP contribution in [-0.4, -0.2) is 41.4 Å². The Morgan fingerprint density at radius 1 is 1.38 bits per heavy atom. The zero-order valence-electron chi connectivity index (χ0n) is 15.7. The third-order valence-electron chi connectivity index (χ3n) is 5.37. The molecule has 2 atom stereocenters. The molecule has 1 saturated carbocycles. The van der Waals surface area contributed by atoms with Crippen LogP contribution in [0.15, 0.2) is 4.99 Å². The average Bonchev–Trinajstić information content (AvgIpc) is 2.95. The number of carbonyl (C=O) groups excluding carboxylic acids is 2. The summed E-state index contributed by atoms with van der Waals surface area (Å²) in [6, 6.07) is -0.291. The van der Waals surface area contributed by atoms with E-state index in [0.29, 0.717) is 18.9 Å². The largest absolute Gasteiger partial charge is 0.337 e. The molecule has 26 heavy (non-hydrogen) atoms. The molecule has 142 valence electrons. The number of aromatic nitrogens is 2. The number of hydrogen-bond donors (Lipinski definition) is 4. The Morgan fingerprint density at radius 3 is 2.96 bits per heavy atom. The Bertz CT molecular complexity index is 721. The number of aliphatic imine (C=N–C) groups is 1. The zero-order chi connectivity index (χ0) is 18.8. The lowest BCUT2D eigenvalue weighted by Crippen LogP contribution is -2.45. The van der Waals surface area contributed by atoms with Crippen LogP contribution in [0.4, 0.5) is 10.6 Å². The van der Waals surface area contributed by atoms with Gasteiger partial charge in [-0.25, -0.2) is 14.6 Å². The lowest BCUT2D eigenvalue weighted by molar-refractivity contribution is 0.0855. The van der Waals surface area contributed by atoms with Gasteiger partial charge in [-0.05, 0) is 30.1 Å². The number of H-pyrrole nitrogens is 1. The van der Waals surface area contributed by atoms with Gasteiger partial charge in [-0.15, -0.1) is 0 Å². The fraction of sp³-hybridized carbons (Fsp3) is 0.722. The van der Waals surface area contributed by atoms with Crippen LogP contribution in [0.3, 0.4) is 0 Å². The first-order valence-electron chi connectivity index (χ1n) is 9.19. The molecule has 3 rings (SSSR count). The highest BCUT2D eigenvalue weighted by atomic mass is 16.2. The van der Waals surface area contributed by atoms with E-state index in [1.165, 1.54) is 0 Å². The molecule has 0 saturated heterocycles. The number of carbonyl (C=O) groups is 1. The molecular weight excluding hydrogens is 332 g/mol. The van der Waals surface area contributed by atoms with E-state index in [0.717, 1.165) is 43.5 Å². The van der Waals surface area contributed by atoms with Crippen molar-refractivity contribution in [2.75, 3.05) is 18.4 Å². The number of urea groups is 1. The molecule has 1 aromatic heterocycles. The second-order valence-electron chi connectivity index (χ2n) is 8.70. The monoisotopic (exact) mass is 360 g/mol. The molecule has 0 spiro atoms. The van der Waals surface area contributed by atoms with Crippen molar-refractivity contribution in [2.45, 2.75) is 59.0 Å². The fourth-order valence-electron chi connectivity index (χ4n) is 4.65. The summed E-state index contributed by atoms with van der Waals surface area (Å²) in [6.45, 7) is 8.65. The topological polar surface area (TPSA) is 111 Å². The van der Waals surface area contributed by atoms with Gasteiger partial charge in [-0.2, -0.15) is 5.10 Å². The zero-order valence-corrected chi connectivity index (χ0v) is 15.7. The first-order valence-corrected chi connectivity index (χ1v) is 9.19. The molecule has 4 N–H and O–H groups in total. The maximum absolute atomic E-state index is 12.4. The molecule has 0 radical (unpaired) electrons. The van der Waals surface area contributed by atoms with Crippen LogP contribution >= 0.6 is 0 Å². The molecule has 0 bridgehead atoms. The molecule has 2 aliphatic rings. The van der Waals surface area contributed by atoms with Crippen molar-refractivity contribution in [1.82, 2.24) is 20.8 Å². The molecule has 2 amide bonds. The maximum Gasteiger partial charge on any atom is 0.320 e. The molecule has 1 fully saturated rings. The quantitative estimate of drug-likeness (QED) is 0.487. The number of amides is 2. The summed E-state index contributed by atoms with van der Waals surface area (Å²) in [7, 11) is 0. The van der Waals surface area contributed by atoms with E-state index in [1.807, 2.05) is 0 Å². The predicted octanol–water partition coefficient (Wildman–Crippen LogP) is 2.10. The van der Waals surface area contributed by atoms with E-state index in [9.17, 15) is 9.59 Å². The molecule has 8 heteroatoms. The van der Waals surface area contributed by atoms with Crippen molar-refractivity contribution in [3.05, 3.63) is 11.3 Å². The summed E-state index contributed by atoms with van der Waals surface area (Å²) in [5.74, 6) is 0.585. The number of anilines is 1. The Kier molecular flexibility index (Phi) is 5.16. The molecule has 0 aromatic carbocycles. The van der Waals surface area contributed by atoms with Crippen molar-refractivity contribution in [1.29, 1.82) is 0 Å². The average molecular weight is 360 g/mol. The van der Waals surface area contributed by atoms with Crippen molar-refractivity contribution >= 4 is 17.9 Å². The van der Waals surface area contributed by atoms with Crippen molar-refractivity contribution in [2.24, 2.45) is 15.8 Å². The highest BCUT2D eigenvalue weighted by molar-refractivity contribution is 5.89. The van der Waals surface area contributed by atoms with Crippen molar-refractivity contribution in [3.63, 3.8) is 0 Å². The van der Waals surface area contributed by atoms with Crippen LogP contribution < -0.4 is 16.0 Å². The first-order chi connectivity index (χ1) is 12.3. The number of rotatable bonds is 4. The number of nitrogens with zero attached hydrogens (tertiary/aromatic N) is 2. The summed E-state index contributed by atoms with van der Waals surface area (Å²) in [6.07, 6.45) is 5.19. The van der Waals surface area contributed by atoms with Gasteiger partial charge in [0.05, 0.1) is 6.04 Å². The summed E-state index contributed by atoms with van der Waals surface area (Å²) in [4.78, 5) is 27.0. The second-order valence-corrected chi connectivity index (χ2v) is 8.70. The smallest absolute Gasteiger partial charge is 0.320 e. The number of hydrogen-bond acceptors (Lipinski definition) is 5. The van der Waals surface area contributed by atoms with Crippen molar-refractivity contribution in [3.8, 4) is 0 Å². The van der Waals surface area contributed by atoms with Gasteiger partial charge in [-0.3, -0.25) is 10.4 Å². The van der Waals surface area contributed by atoms with Gasteiger partial charge in [0.2, 0.25) is 6.08 Å². The van der Waals surface area contributed by atoms with Crippen LogP contribution in [0.2, 0.25) is 0 Å². The van der Waals surface area contributed by atoms with Crippen LogP contribution in [0.5, 0.6) is 0 Å². The van der Waals surface area contributed by atoms with Crippen LogP contribution in [0, 0.1) is 10.8 Å². The van der Waals surface area contributed by atoms with Gasteiger partial charge >= 0.3 is 6.03 Å². The Hall–Kier alpha value is -2.18. The molecule has 2 unspecified atom stereocenters. The summed E-state index contributed by atoms with van der Waals surface area (Å²) >= 11 is 0. The van der Waals surface area contributed by atoms with E-state index >= 15 is 0 Å². The van der Waals surface area contributed by atoms with Gasteiger partial charge in [-0.1, -0.05) is 20.8 Å². The minimum atomic E-state index is -0.259. The van der Waals surface area contributed by atoms with E-state index in [2.05, 4.69) is 51.9 Å². The van der Waals surface area contributed by atoms with Gasteiger partial charge in [0.25, 0.3) is 0 Å². The summed E-state index contributed by atoms with van der Waals surface area (Å²) in [5.41, 5.74) is 2.06. The van der Waals surface area contributed by atoms with E-state index in [1.54, 1.807) is 6.08 Å². The summed E-state index contributed by atoms with van der Waals surface area (Å²) < 4.78 is 0. The standard InChI is InChI=1S/C18H28N6O2/c1-17(2)6-12(21-11-25)7-18(3,9-17)10-20-16(26)22-15-13-8-19-5-4-14(13)23-24-15/h12,19H,4-10H2,1-3H3,(H3,20,22,23,24,26). The molecule has 1 aromatic rings. The molecule has 2 heterocycles. The molecule has 8 nitrogen and oxygen atoms in total. The van der Waals surface area contributed by atoms with Gasteiger partial charge < -0.3 is 10.6 Å². The maximum atomic E-state index is 12.4. The lowest BCUT2D eigenvalue weighted by atomic mass is 9.63. The Morgan fingerprint density at radius 2 is 2.19 bits per heavy atom. The SMILES string of the molecule is CC1(C)CC(N=C=O)CC(C)(CNC(=O)Nc2n[nH]c3c2CNCC3)C1. The molecular formula is C18H28N6O2. The Balaban J connectivity index is 1.59. The normalized spacial score (nSPS) is 27.1. The van der Waals surface area contributed by atoms with E-state index in [4.69, 9.17) is 0 Å². The summed E-state index contributed by atoms with van der Waals surface area (Å²) in [5, 5.41) is 16.3. The number of nitrogens with one attached hydrogen (secondary N) is 4. The number of isocyanates is 1. The minimum Gasteiger partial charge on any atom is -0.337 e. The first kappa shape index (κ1) is 18.6. The van der Waals surface area contributed by atoms with Crippen LogP contribution in [-0.2, 0) is 17.8 Å². The number of aromatic amines is 1. The fourth-order valence-corrected chi connectivity index (χ4v) is 4.65. The lowest BCUT2D eigenvalue weighted by Gasteiger charge is -2.45. The van der Waals surface area contributed by atoms with Crippen LogP contribution in [0.25, 0.3) is 0 Å². The Labute approximate surface area is 153 Å². The van der Waals surface area contributed by atoms with Crippen LogP contribution in [0.1, 0.15) is 51.3 Å². The third kappa shape index (κ3) is 4.31. The second kappa shape index (κ2) is 7.21. The minimum absolute atomic E-state index is 0.0319.